The maximum Gasteiger partial charge on any atom is 0.330 e. The van der Waals surface area contributed by atoms with Gasteiger partial charge in [-0.05, 0) is 0 Å². The first-order valence-corrected chi connectivity index (χ1v) is 5.22. The predicted molar refractivity (Wildman–Crippen MR) is 61.7 cm³/mol. The third-order valence-corrected chi connectivity index (χ3v) is 2.54. The fraction of sp³-hybridized carbons (Fsp3) is 0.600. The number of nitrogens with one attached hydrogen (secondary N) is 1. The second-order valence-electron chi connectivity index (χ2n) is 3.85. The third kappa shape index (κ3) is 3.02. The van der Waals surface area contributed by atoms with E-state index in [1.54, 1.807) is 7.05 Å². The summed E-state index contributed by atoms with van der Waals surface area (Å²) in [5, 5.41) is 20.6. The largest absolute Gasteiger partial charge is 0.395 e. The van der Waals surface area contributed by atoms with Gasteiger partial charge in [-0.2, -0.15) is 0 Å². The van der Waals surface area contributed by atoms with Crippen LogP contribution >= 0.6 is 0 Å². The van der Waals surface area contributed by atoms with Crippen molar-refractivity contribution in [2.75, 3.05) is 13.2 Å². The Kier molecular flexibility index (Phi) is 4.62. The van der Waals surface area contributed by atoms with Gasteiger partial charge in [0.25, 0.3) is 5.56 Å². The fourth-order valence-corrected chi connectivity index (χ4v) is 1.45. The highest BCUT2D eigenvalue weighted by molar-refractivity contribution is 5.05. The minimum absolute atomic E-state index is 0.187. The Morgan fingerprint density at radius 2 is 1.88 bits per heavy atom. The summed E-state index contributed by atoms with van der Waals surface area (Å²) in [4.78, 5) is 23.1. The summed E-state index contributed by atoms with van der Waals surface area (Å²) in [6, 6.07) is -0.475. The van der Waals surface area contributed by atoms with Gasteiger partial charge >= 0.3 is 5.69 Å². The fourth-order valence-electron chi connectivity index (χ4n) is 1.45. The standard InChI is InChI=1S/C10H17N3O4/c1-12-4-7(3-11-8(5-14)6-15)9(16)13(2)10(12)17/h4,8,11,14-15H,3,5-6H2,1-2H3. The van der Waals surface area contributed by atoms with Crippen LogP contribution in [0.2, 0.25) is 0 Å². The summed E-state index contributed by atoms with van der Waals surface area (Å²) in [5.41, 5.74) is -0.364. The van der Waals surface area contributed by atoms with Crippen LogP contribution in [0.5, 0.6) is 0 Å². The Balaban J connectivity index is 2.93. The van der Waals surface area contributed by atoms with E-state index in [4.69, 9.17) is 10.2 Å². The molecule has 0 aliphatic carbocycles. The number of aliphatic hydroxyl groups is 2. The van der Waals surface area contributed by atoms with Crippen molar-refractivity contribution in [3.63, 3.8) is 0 Å². The zero-order valence-electron chi connectivity index (χ0n) is 9.88. The van der Waals surface area contributed by atoms with E-state index in [1.165, 1.54) is 17.8 Å². The minimum Gasteiger partial charge on any atom is -0.395 e. The van der Waals surface area contributed by atoms with Crippen molar-refractivity contribution in [1.29, 1.82) is 0 Å². The van der Waals surface area contributed by atoms with Crippen molar-refractivity contribution in [3.8, 4) is 0 Å². The van der Waals surface area contributed by atoms with Crippen molar-refractivity contribution < 1.29 is 10.2 Å². The molecule has 1 rings (SSSR count). The van der Waals surface area contributed by atoms with Gasteiger partial charge in [-0.15, -0.1) is 0 Å². The molecule has 0 unspecified atom stereocenters. The van der Waals surface area contributed by atoms with Gasteiger partial charge in [0, 0.05) is 32.4 Å². The summed E-state index contributed by atoms with van der Waals surface area (Å²) >= 11 is 0. The lowest BCUT2D eigenvalue weighted by Gasteiger charge is -2.13. The first-order valence-electron chi connectivity index (χ1n) is 5.22. The molecule has 0 saturated heterocycles. The van der Waals surface area contributed by atoms with E-state index in [9.17, 15) is 9.59 Å². The van der Waals surface area contributed by atoms with E-state index in [1.807, 2.05) is 0 Å². The van der Waals surface area contributed by atoms with Crippen LogP contribution in [0.15, 0.2) is 15.8 Å². The molecule has 0 radical (unpaired) electrons. The van der Waals surface area contributed by atoms with Crippen molar-refractivity contribution in [1.82, 2.24) is 14.5 Å². The lowest BCUT2D eigenvalue weighted by atomic mass is 10.2. The molecule has 0 aliphatic rings. The normalized spacial score (nSPS) is 11.1. The minimum atomic E-state index is -0.475. The molecule has 1 aromatic heterocycles. The number of nitrogens with zero attached hydrogens (tertiary/aromatic N) is 2. The number of aryl methyl sites for hydroxylation is 1. The van der Waals surface area contributed by atoms with Crippen molar-refractivity contribution in [3.05, 3.63) is 32.6 Å². The van der Waals surface area contributed by atoms with E-state index >= 15 is 0 Å². The van der Waals surface area contributed by atoms with Crippen LogP contribution in [-0.4, -0.2) is 38.6 Å². The lowest BCUT2D eigenvalue weighted by Crippen LogP contribution is -2.42. The van der Waals surface area contributed by atoms with Crippen LogP contribution in [0.4, 0.5) is 0 Å². The molecule has 3 N–H and O–H groups in total. The number of aliphatic hydroxyl groups excluding tert-OH is 2. The monoisotopic (exact) mass is 243 g/mol. The average Bonchev–Trinajstić information content (AvgIpc) is 2.33. The van der Waals surface area contributed by atoms with Crippen molar-refractivity contribution in [2.24, 2.45) is 14.1 Å². The Labute approximate surface area is 97.9 Å². The van der Waals surface area contributed by atoms with Crippen molar-refractivity contribution >= 4 is 0 Å². The summed E-state index contributed by atoms with van der Waals surface area (Å²) in [7, 11) is 2.96. The molecule has 0 aliphatic heterocycles. The summed E-state index contributed by atoms with van der Waals surface area (Å²) < 4.78 is 2.33. The zero-order valence-corrected chi connectivity index (χ0v) is 9.88. The highest BCUT2D eigenvalue weighted by Crippen LogP contribution is 1.89. The van der Waals surface area contributed by atoms with E-state index in [2.05, 4.69) is 5.32 Å². The molecule has 1 aromatic rings. The Morgan fingerprint density at radius 3 is 2.41 bits per heavy atom. The highest BCUT2D eigenvalue weighted by atomic mass is 16.3. The average molecular weight is 243 g/mol. The van der Waals surface area contributed by atoms with Crippen LogP contribution in [0.3, 0.4) is 0 Å². The van der Waals surface area contributed by atoms with Gasteiger partial charge in [-0.25, -0.2) is 4.79 Å². The molecule has 0 spiro atoms. The molecule has 0 bridgehead atoms. The second kappa shape index (κ2) is 5.76. The van der Waals surface area contributed by atoms with E-state index in [-0.39, 0.29) is 31.0 Å². The van der Waals surface area contributed by atoms with Crippen molar-refractivity contribution in [2.45, 2.75) is 12.6 Å². The molecule has 17 heavy (non-hydrogen) atoms. The zero-order chi connectivity index (χ0) is 13.0. The number of hydrogen-bond donors (Lipinski definition) is 3. The molecular formula is C10H17N3O4. The quantitative estimate of drug-likeness (QED) is 0.532. The third-order valence-electron chi connectivity index (χ3n) is 2.54. The molecule has 7 nitrogen and oxygen atoms in total. The van der Waals surface area contributed by atoms with Crippen LogP contribution in [-0.2, 0) is 20.6 Å². The van der Waals surface area contributed by atoms with Gasteiger partial charge in [0.1, 0.15) is 0 Å². The number of rotatable bonds is 5. The first kappa shape index (κ1) is 13.6. The maximum atomic E-state index is 11.7. The molecule has 7 heteroatoms. The smallest absolute Gasteiger partial charge is 0.330 e. The molecule has 0 amide bonds. The highest BCUT2D eigenvalue weighted by Gasteiger charge is 2.09. The molecular weight excluding hydrogens is 226 g/mol. The van der Waals surface area contributed by atoms with Crippen LogP contribution in [0.1, 0.15) is 5.56 Å². The molecule has 0 fully saturated rings. The second-order valence-corrected chi connectivity index (χ2v) is 3.85. The van der Waals surface area contributed by atoms with E-state index < -0.39 is 6.04 Å². The van der Waals surface area contributed by atoms with Gasteiger partial charge in [0.2, 0.25) is 0 Å². The number of aromatic nitrogens is 2. The molecule has 0 atom stereocenters. The van der Waals surface area contributed by atoms with Gasteiger partial charge in [0.15, 0.2) is 0 Å². The van der Waals surface area contributed by atoms with Gasteiger partial charge in [0.05, 0.1) is 19.3 Å². The van der Waals surface area contributed by atoms with E-state index in [0.717, 1.165) is 4.57 Å². The lowest BCUT2D eigenvalue weighted by molar-refractivity contribution is 0.170. The Hall–Kier alpha value is -1.44. The topological polar surface area (TPSA) is 96.5 Å². The molecule has 1 heterocycles. The van der Waals surface area contributed by atoms with E-state index in [0.29, 0.717) is 5.56 Å². The maximum absolute atomic E-state index is 11.7. The summed E-state index contributed by atoms with van der Waals surface area (Å²) in [6.45, 7) is -0.252. The molecule has 0 saturated carbocycles. The van der Waals surface area contributed by atoms with Crippen LogP contribution in [0, 0.1) is 0 Å². The van der Waals surface area contributed by atoms with Gasteiger partial charge in [-0.1, -0.05) is 0 Å². The number of hydrogen-bond acceptors (Lipinski definition) is 5. The van der Waals surface area contributed by atoms with Crippen LogP contribution in [0.25, 0.3) is 0 Å². The Bertz CT molecular complexity index is 487. The van der Waals surface area contributed by atoms with Crippen LogP contribution < -0.4 is 16.6 Å². The molecule has 0 aromatic carbocycles. The Morgan fingerprint density at radius 1 is 1.29 bits per heavy atom. The first-order chi connectivity index (χ1) is 8.01. The van der Waals surface area contributed by atoms with Gasteiger partial charge < -0.3 is 20.1 Å². The SMILES string of the molecule is Cn1cc(CNC(CO)CO)c(=O)n(C)c1=O. The predicted octanol–water partition coefficient (Wildman–Crippen LogP) is -2.47. The van der Waals surface area contributed by atoms with Gasteiger partial charge in [-0.3, -0.25) is 9.36 Å². The summed E-state index contributed by atoms with van der Waals surface area (Å²) in [6.07, 6.45) is 1.45. The summed E-state index contributed by atoms with van der Waals surface area (Å²) in [5.74, 6) is 0. The molecule has 96 valence electrons.